The third-order valence-corrected chi connectivity index (χ3v) is 7.39. The number of aromatic amines is 2. The van der Waals surface area contributed by atoms with Crippen molar-refractivity contribution < 1.29 is 40.9 Å². The number of hydrogen-bond donors (Lipinski definition) is 3. The van der Waals surface area contributed by atoms with E-state index in [9.17, 15) is 31.2 Å². The van der Waals surface area contributed by atoms with E-state index in [4.69, 9.17) is 0 Å². The number of fused-ring (bicyclic) bond motifs is 1. The quantitative estimate of drug-likeness (QED) is 0.202. The molecule has 5 rings (SSSR count). The third-order valence-electron chi connectivity index (χ3n) is 6.26. The monoisotopic (exact) mass is 641 g/mol. The number of sulfone groups is 1. The molecule has 0 atom stereocenters. The number of aromatic nitrogens is 6. The van der Waals surface area contributed by atoms with Gasteiger partial charge in [0, 0.05) is 24.9 Å². The number of aryl methyl sites for hydroxylation is 1. The third kappa shape index (κ3) is 7.56. The van der Waals surface area contributed by atoms with Gasteiger partial charge in [0.25, 0.3) is 5.91 Å². The zero-order valence-corrected chi connectivity index (χ0v) is 24.4. The van der Waals surface area contributed by atoms with Crippen molar-refractivity contribution in [3.63, 3.8) is 0 Å². The van der Waals surface area contributed by atoms with E-state index in [0.717, 1.165) is 17.4 Å². The number of halogens is 3. The molecule has 0 fully saturated rings. The average Bonchev–Trinajstić information content (AvgIpc) is 3.45. The van der Waals surface area contributed by atoms with Crippen LogP contribution in [0.25, 0.3) is 22.4 Å². The van der Waals surface area contributed by atoms with Crippen LogP contribution >= 0.6 is 0 Å². The first-order valence-corrected chi connectivity index (χ1v) is 14.9. The van der Waals surface area contributed by atoms with E-state index in [1.807, 2.05) is 6.07 Å². The van der Waals surface area contributed by atoms with Crippen LogP contribution in [0.15, 0.2) is 66.1 Å². The van der Waals surface area contributed by atoms with Crippen LogP contribution in [0.4, 0.5) is 30.5 Å². The van der Waals surface area contributed by atoms with E-state index in [2.05, 4.69) is 45.3 Å². The minimum Gasteiger partial charge on any atom is -0.449 e. The highest BCUT2D eigenvalue weighted by Gasteiger charge is 2.41. The maximum absolute atomic E-state index is 12.3. The van der Waals surface area contributed by atoms with Gasteiger partial charge < -0.3 is 15.4 Å². The number of nitrogens with zero attached hydrogens (tertiary/aromatic N) is 4. The molecule has 45 heavy (non-hydrogen) atoms. The molecule has 0 aliphatic rings. The Kier molecular flexibility index (Phi) is 8.45. The number of carbonyl (C=O) groups excluding carboxylic acids is 2. The SMILES string of the molecule is Cc1nc(-c2cc(Cc3ccc(S(C)(=O)=O)cc3)cnc2Nc2ccc(NC(=O)COC(=O)C(F)(F)F)nc2)c2[nH]c[nH+]c2n1. The summed E-state index contributed by atoms with van der Waals surface area (Å²) in [5, 5.41) is 5.41. The van der Waals surface area contributed by atoms with Crippen LogP contribution in [0.2, 0.25) is 0 Å². The Morgan fingerprint density at radius 3 is 2.44 bits per heavy atom. The summed E-state index contributed by atoms with van der Waals surface area (Å²) in [5.41, 5.74) is 4.49. The van der Waals surface area contributed by atoms with Crippen molar-refractivity contribution in [2.24, 2.45) is 0 Å². The number of ether oxygens (including phenoxy) is 1. The Labute approximate surface area is 253 Å². The summed E-state index contributed by atoms with van der Waals surface area (Å²) >= 11 is 0. The van der Waals surface area contributed by atoms with Gasteiger partial charge in [-0.25, -0.2) is 33.1 Å². The molecule has 0 saturated carbocycles. The Morgan fingerprint density at radius 2 is 1.78 bits per heavy atom. The Hall–Kier alpha value is -5.45. The van der Waals surface area contributed by atoms with Gasteiger partial charge in [-0.1, -0.05) is 17.1 Å². The van der Waals surface area contributed by atoms with Crippen LogP contribution in [0, 0.1) is 6.92 Å². The molecule has 0 bridgehead atoms. The van der Waals surface area contributed by atoms with Gasteiger partial charge >= 0.3 is 17.8 Å². The number of imidazole rings is 1. The largest absolute Gasteiger partial charge is 0.490 e. The summed E-state index contributed by atoms with van der Waals surface area (Å²) in [5.74, 6) is -2.56. The maximum Gasteiger partial charge on any atom is 0.490 e. The number of pyridine rings is 2. The Balaban J connectivity index is 1.40. The van der Waals surface area contributed by atoms with Gasteiger partial charge in [0.15, 0.2) is 28.3 Å². The van der Waals surface area contributed by atoms with Crippen molar-refractivity contribution in [3.05, 3.63) is 78.1 Å². The standard InChI is InChI=1S/C28H23F3N8O5S/c1-15-36-23(24-26(37-15)35-14-34-24)20-10-17(9-16-3-6-19(7-4-16)45(2,42)43)11-33-25(20)38-18-5-8-21(32-12-18)39-22(40)13-44-27(41)28(29,30)31/h3-8,10-12,14H,9,13H2,1-2H3,(H,33,38)(H,32,39,40)(H,34,35,36,37)/p+1. The van der Waals surface area contributed by atoms with E-state index in [1.165, 1.54) is 12.3 Å². The topological polar surface area (TPSA) is 183 Å². The molecule has 17 heteroatoms. The van der Waals surface area contributed by atoms with Crippen LogP contribution in [-0.2, 0) is 30.6 Å². The maximum atomic E-state index is 12.3. The van der Waals surface area contributed by atoms with Crippen molar-refractivity contribution in [1.29, 1.82) is 0 Å². The first-order chi connectivity index (χ1) is 21.3. The summed E-state index contributed by atoms with van der Waals surface area (Å²) in [6.07, 6.45) is 1.03. The predicted molar refractivity (Wildman–Crippen MR) is 154 cm³/mol. The highest BCUT2D eigenvalue weighted by molar-refractivity contribution is 7.90. The molecule has 0 saturated heterocycles. The van der Waals surface area contributed by atoms with Gasteiger partial charge in [-0.2, -0.15) is 13.2 Å². The van der Waals surface area contributed by atoms with Crippen molar-refractivity contribution >= 4 is 50.2 Å². The molecule has 4 heterocycles. The number of H-pyrrole nitrogens is 2. The predicted octanol–water partition coefficient (Wildman–Crippen LogP) is 3.32. The smallest absolute Gasteiger partial charge is 0.449 e. The zero-order valence-electron chi connectivity index (χ0n) is 23.6. The van der Waals surface area contributed by atoms with Crippen LogP contribution in [-0.4, -0.2) is 64.3 Å². The summed E-state index contributed by atoms with van der Waals surface area (Å²) in [4.78, 5) is 46.8. The van der Waals surface area contributed by atoms with Crippen molar-refractivity contribution in [3.8, 4) is 11.3 Å². The van der Waals surface area contributed by atoms with E-state index in [1.54, 1.807) is 49.8 Å². The fourth-order valence-electron chi connectivity index (χ4n) is 4.23. The van der Waals surface area contributed by atoms with Crippen molar-refractivity contribution in [2.45, 2.75) is 24.4 Å². The van der Waals surface area contributed by atoms with Crippen molar-refractivity contribution in [1.82, 2.24) is 24.9 Å². The number of nitrogens with one attached hydrogen (secondary N) is 4. The normalized spacial score (nSPS) is 11.8. The molecule has 4 aromatic heterocycles. The number of hydrogen-bond acceptors (Lipinski definition) is 10. The number of anilines is 3. The van der Waals surface area contributed by atoms with Crippen molar-refractivity contribution in [2.75, 3.05) is 23.5 Å². The fraction of sp³-hybridized carbons (Fsp3) is 0.179. The van der Waals surface area contributed by atoms with Crippen LogP contribution < -0.4 is 15.6 Å². The number of esters is 1. The molecule has 0 unspecified atom stereocenters. The number of alkyl halides is 3. The number of benzene rings is 1. The van der Waals surface area contributed by atoms with Crippen LogP contribution in [0.5, 0.6) is 0 Å². The molecule has 0 aliphatic carbocycles. The van der Waals surface area contributed by atoms with Crippen LogP contribution in [0.1, 0.15) is 17.0 Å². The second-order valence-electron chi connectivity index (χ2n) is 9.79. The number of rotatable bonds is 9. The molecule has 1 amide bonds. The van der Waals surface area contributed by atoms with Gasteiger partial charge in [-0.3, -0.25) is 9.78 Å². The van der Waals surface area contributed by atoms with Gasteiger partial charge in [-0.15, -0.1) is 0 Å². The Bertz CT molecular complexity index is 2000. The Morgan fingerprint density at radius 1 is 1.02 bits per heavy atom. The highest BCUT2D eigenvalue weighted by atomic mass is 32.2. The van der Waals surface area contributed by atoms with E-state index in [-0.39, 0.29) is 10.7 Å². The lowest BCUT2D eigenvalue weighted by Crippen LogP contribution is -2.29. The lowest BCUT2D eigenvalue weighted by molar-refractivity contribution is -0.347. The lowest BCUT2D eigenvalue weighted by atomic mass is 10.0. The van der Waals surface area contributed by atoms with Gasteiger partial charge in [0.1, 0.15) is 17.3 Å². The van der Waals surface area contributed by atoms with E-state index < -0.39 is 34.5 Å². The second kappa shape index (κ2) is 12.3. The molecular weight excluding hydrogens is 617 g/mol. The van der Waals surface area contributed by atoms with E-state index >= 15 is 0 Å². The summed E-state index contributed by atoms with van der Waals surface area (Å²) < 4.78 is 64.4. The average molecular weight is 642 g/mol. The molecule has 5 aromatic rings. The molecule has 0 radical (unpaired) electrons. The minimum atomic E-state index is -5.21. The summed E-state index contributed by atoms with van der Waals surface area (Å²) in [6.45, 7) is 0.614. The number of amides is 1. The molecular formula is C28H24F3N8O5S+. The first-order valence-electron chi connectivity index (χ1n) is 13.0. The molecule has 232 valence electrons. The first kappa shape index (κ1) is 31.0. The summed E-state index contributed by atoms with van der Waals surface area (Å²) in [7, 11) is -3.33. The molecule has 4 N–H and O–H groups in total. The number of carbonyl (C=O) groups is 2. The fourth-order valence-corrected chi connectivity index (χ4v) is 4.86. The van der Waals surface area contributed by atoms with Crippen LogP contribution in [0.3, 0.4) is 0 Å². The minimum absolute atomic E-state index is 0.00841. The second-order valence-corrected chi connectivity index (χ2v) is 11.8. The highest BCUT2D eigenvalue weighted by Crippen LogP contribution is 2.32. The molecule has 0 aliphatic heterocycles. The summed E-state index contributed by atoms with van der Waals surface area (Å²) in [6, 6.07) is 11.4. The molecule has 1 aromatic carbocycles. The van der Waals surface area contributed by atoms with E-state index in [0.29, 0.717) is 46.2 Å². The zero-order chi connectivity index (χ0) is 32.4. The molecule has 13 nitrogen and oxygen atoms in total. The lowest BCUT2D eigenvalue weighted by Gasteiger charge is -2.13. The van der Waals surface area contributed by atoms with Gasteiger partial charge in [-0.05, 0) is 47.9 Å². The molecule has 0 spiro atoms. The van der Waals surface area contributed by atoms with Gasteiger partial charge in [0.2, 0.25) is 5.82 Å². The van der Waals surface area contributed by atoms with Gasteiger partial charge in [0.05, 0.1) is 16.8 Å².